The number of hydrogen-bond acceptors (Lipinski definition) is 5. The molecule has 6 nitrogen and oxygen atoms in total. The maximum absolute atomic E-state index is 12.5. The van der Waals surface area contributed by atoms with E-state index in [9.17, 15) is 9.59 Å². The predicted octanol–water partition coefficient (Wildman–Crippen LogP) is 3.33. The first-order valence-electron chi connectivity index (χ1n) is 8.64. The lowest BCUT2D eigenvalue weighted by atomic mass is 9.99. The largest absolute Gasteiger partial charge is 0.326 e. The van der Waals surface area contributed by atoms with E-state index in [0.717, 1.165) is 29.4 Å². The summed E-state index contributed by atoms with van der Waals surface area (Å²) < 4.78 is 2.01. The molecule has 0 atom stereocenters. The summed E-state index contributed by atoms with van der Waals surface area (Å²) in [6.45, 7) is 3.06. The highest BCUT2D eigenvalue weighted by molar-refractivity contribution is 7.99. The molecule has 1 N–H and O–H groups in total. The number of anilines is 1. The van der Waals surface area contributed by atoms with Crippen LogP contribution in [-0.2, 0) is 17.8 Å². The Morgan fingerprint density at radius 3 is 3.04 bits per heavy atom. The highest BCUT2D eigenvalue weighted by Crippen LogP contribution is 2.25. The molecule has 1 aliphatic rings. The second-order valence-corrected chi connectivity index (χ2v) is 7.09. The van der Waals surface area contributed by atoms with Gasteiger partial charge >= 0.3 is 0 Å². The summed E-state index contributed by atoms with van der Waals surface area (Å²) in [7, 11) is 0. The molecule has 1 aliphatic heterocycles. The summed E-state index contributed by atoms with van der Waals surface area (Å²) >= 11 is 1.42. The number of hydrogen-bond donors (Lipinski definition) is 1. The van der Waals surface area contributed by atoms with Gasteiger partial charge in [0.25, 0.3) is 0 Å². The molecule has 0 unspecified atom stereocenters. The molecule has 2 heterocycles. The first-order valence-corrected chi connectivity index (χ1v) is 9.62. The zero-order valence-corrected chi connectivity index (χ0v) is 15.1. The van der Waals surface area contributed by atoms with Crippen LogP contribution in [-0.4, -0.2) is 32.2 Å². The van der Waals surface area contributed by atoms with Crippen molar-refractivity contribution in [3.8, 4) is 0 Å². The van der Waals surface area contributed by atoms with Crippen molar-refractivity contribution >= 4 is 29.1 Å². The minimum atomic E-state index is 0.0320. The number of thioether (sulfide) groups is 1. The average molecular weight is 358 g/mol. The van der Waals surface area contributed by atoms with Crippen LogP contribution in [0.1, 0.15) is 48.5 Å². The van der Waals surface area contributed by atoms with Crippen LogP contribution in [0.25, 0.3) is 0 Å². The lowest BCUT2D eigenvalue weighted by Crippen LogP contribution is -2.19. The van der Waals surface area contributed by atoms with E-state index in [1.54, 1.807) is 12.4 Å². The topological polar surface area (TPSA) is 76.9 Å². The third-order valence-corrected chi connectivity index (χ3v) is 5.22. The van der Waals surface area contributed by atoms with E-state index in [1.807, 2.05) is 16.7 Å². The Bertz CT molecular complexity index is 772. The number of carbonyl (C=O) groups is 2. The normalized spacial score (nSPS) is 13.4. The molecule has 0 saturated heterocycles. The van der Waals surface area contributed by atoms with E-state index < -0.39 is 0 Å². The predicted molar refractivity (Wildman–Crippen MR) is 98.0 cm³/mol. The minimum absolute atomic E-state index is 0.0320. The maximum Gasteiger partial charge on any atom is 0.224 e. The molecule has 0 bridgehead atoms. The number of unbranched alkanes of at least 4 members (excludes halogenated alkanes) is 2. The number of rotatable bonds is 8. The molecule has 7 heteroatoms. The second kappa shape index (κ2) is 8.29. The van der Waals surface area contributed by atoms with Crippen molar-refractivity contribution in [1.82, 2.24) is 14.8 Å². The van der Waals surface area contributed by atoms with Gasteiger partial charge in [-0.25, -0.2) is 0 Å². The zero-order chi connectivity index (χ0) is 17.6. The van der Waals surface area contributed by atoms with Gasteiger partial charge in [-0.1, -0.05) is 31.5 Å². The number of nitrogens with zero attached hydrogens (tertiary/aromatic N) is 3. The van der Waals surface area contributed by atoms with Crippen molar-refractivity contribution in [1.29, 1.82) is 0 Å². The van der Waals surface area contributed by atoms with Crippen LogP contribution in [0.5, 0.6) is 0 Å². The smallest absolute Gasteiger partial charge is 0.224 e. The van der Waals surface area contributed by atoms with Crippen LogP contribution in [0.4, 0.5) is 5.69 Å². The van der Waals surface area contributed by atoms with E-state index in [4.69, 9.17) is 0 Å². The number of ketones is 1. The molecule has 25 heavy (non-hydrogen) atoms. The molecule has 1 aromatic heterocycles. The Balaban J connectivity index is 1.60. The van der Waals surface area contributed by atoms with Gasteiger partial charge in [0.2, 0.25) is 5.91 Å². The molecule has 132 valence electrons. The number of aryl methyl sites for hydroxylation is 2. The highest BCUT2D eigenvalue weighted by atomic mass is 32.2. The summed E-state index contributed by atoms with van der Waals surface area (Å²) in [5.74, 6) is 0.426. The molecule has 3 rings (SSSR count). The van der Waals surface area contributed by atoms with E-state index in [1.165, 1.54) is 24.6 Å². The van der Waals surface area contributed by atoms with Crippen LogP contribution in [0.2, 0.25) is 0 Å². The maximum atomic E-state index is 12.5. The molecule has 0 fully saturated rings. The summed E-state index contributed by atoms with van der Waals surface area (Å²) in [5.41, 5.74) is 2.52. The fraction of sp³-hybridized carbons (Fsp3) is 0.444. The molecule has 0 spiro atoms. The first-order chi connectivity index (χ1) is 12.2. The highest BCUT2D eigenvalue weighted by Gasteiger charge is 2.17. The fourth-order valence-electron chi connectivity index (χ4n) is 2.81. The number of amides is 1. The van der Waals surface area contributed by atoms with E-state index in [-0.39, 0.29) is 11.7 Å². The molecule has 2 aromatic rings. The monoisotopic (exact) mass is 358 g/mol. The number of nitrogens with one attached hydrogen (secondary N) is 1. The molecule has 0 radical (unpaired) electrons. The Morgan fingerprint density at radius 1 is 1.32 bits per heavy atom. The third kappa shape index (κ3) is 4.48. The van der Waals surface area contributed by atoms with E-state index >= 15 is 0 Å². The molecular formula is C18H22N4O2S. The van der Waals surface area contributed by atoms with Crippen molar-refractivity contribution < 1.29 is 9.59 Å². The Kier molecular flexibility index (Phi) is 5.86. The van der Waals surface area contributed by atoms with E-state index in [0.29, 0.717) is 24.2 Å². The SMILES string of the molecule is CCCCCn1cnnc1SCC(=O)c1ccc2c(c1)CCC(=O)N2. The van der Waals surface area contributed by atoms with Crippen LogP contribution in [0.15, 0.2) is 29.7 Å². The van der Waals surface area contributed by atoms with Crippen LogP contribution < -0.4 is 5.32 Å². The van der Waals surface area contributed by atoms with Crippen molar-refractivity contribution in [3.05, 3.63) is 35.7 Å². The molecular weight excluding hydrogens is 336 g/mol. The van der Waals surface area contributed by atoms with Gasteiger partial charge in [0.15, 0.2) is 10.9 Å². The van der Waals surface area contributed by atoms with Crippen molar-refractivity contribution in [2.45, 2.75) is 50.7 Å². The number of carbonyl (C=O) groups excluding carboxylic acids is 2. The van der Waals surface area contributed by atoms with Crippen molar-refractivity contribution in [3.63, 3.8) is 0 Å². The molecule has 0 saturated carbocycles. The Morgan fingerprint density at radius 2 is 2.20 bits per heavy atom. The molecule has 1 amide bonds. The standard InChI is InChI=1S/C18H22N4O2S/c1-2-3-4-9-22-12-19-21-18(22)25-11-16(23)14-5-7-15-13(10-14)6-8-17(24)20-15/h5,7,10,12H,2-4,6,8-9,11H2,1H3,(H,20,24). The fourth-order valence-corrected chi connectivity index (χ4v) is 3.65. The summed E-state index contributed by atoms with van der Waals surface area (Å²) in [6.07, 6.45) is 6.31. The number of fused-ring (bicyclic) bond motifs is 1. The van der Waals surface area contributed by atoms with Gasteiger partial charge in [0.05, 0.1) is 5.75 Å². The average Bonchev–Trinajstić information content (AvgIpc) is 3.07. The second-order valence-electron chi connectivity index (χ2n) is 6.15. The number of aromatic nitrogens is 3. The summed E-state index contributed by atoms with van der Waals surface area (Å²) in [4.78, 5) is 23.9. The quantitative estimate of drug-likeness (QED) is 0.445. The van der Waals surface area contributed by atoms with E-state index in [2.05, 4.69) is 22.4 Å². The van der Waals surface area contributed by atoms with Crippen molar-refractivity contribution in [2.24, 2.45) is 0 Å². The van der Waals surface area contributed by atoms with Gasteiger partial charge in [-0.15, -0.1) is 10.2 Å². The number of Topliss-reactive ketones (excluding diaryl/α,β-unsaturated/α-hetero) is 1. The third-order valence-electron chi connectivity index (χ3n) is 4.24. The van der Waals surface area contributed by atoms with Gasteiger partial charge < -0.3 is 9.88 Å². The van der Waals surface area contributed by atoms with Crippen LogP contribution in [0, 0.1) is 0 Å². The first kappa shape index (κ1) is 17.7. The zero-order valence-electron chi connectivity index (χ0n) is 14.3. The van der Waals surface area contributed by atoms with Gasteiger partial charge in [-0.2, -0.15) is 0 Å². The summed E-state index contributed by atoms with van der Waals surface area (Å²) in [5, 5.41) is 11.7. The molecule has 0 aliphatic carbocycles. The Hall–Kier alpha value is -2.15. The van der Waals surface area contributed by atoms with Gasteiger partial charge in [0.1, 0.15) is 6.33 Å². The number of benzene rings is 1. The minimum Gasteiger partial charge on any atom is -0.326 e. The lowest BCUT2D eigenvalue weighted by Gasteiger charge is -2.17. The van der Waals surface area contributed by atoms with Crippen molar-refractivity contribution in [2.75, 3.05) is 11.1 Å². The Labute approximate surface area is 151 Å². The van der Waals surface area contributed by atoms with Gasteiger partial charge in [0, 0.05) is 24.2 Å². The molecule has 1 aromatic carbocycles. The lowest BCUT2D eigenvalue weighted by molar-refractivity contribution is -0.116. The van der Waals surface area contributed by atoms with Crippen LogP contribution in [0.3, 0.4) is 0 Å². The van der Waals surface area contributed by atoms with Gasteiger partial charge in [-0.05, 0) is 36.6 Å². The van der Waals surface area contributed by atoms with Gasteiger partial charge in [-0.3, -0.25) is 9.59 Å². The van der Waals surface area contributed by atoms with Crippen LogP contribution >= 0.6 is 11.8 Å². The summed E-state index contributed by atoms with van der Waals surface area (Å²) in [6, 6.07) is 5.49.